The van der Waals surface area contributed by atoms with Crippen molar-refractivity contribution in [3.8, 4) is 0 Å². The maximum Gasteiger partial charge on any atom is 0.103 e. The maximum absolute atomic E-state index is 2.63. The second-order valence-corrected chi connectivity index (χ2v) is 11.1. The van der Waals surface area contributed by atoms with E-state index in [2.05, 4.69) is 49.9 Å². The smallest absolute Gasteiger partial charge is 0.103 e. The van der Waals surface area contributed by atoms with Gasteiger partial charge < -0.3 is 9.80 Å². The Bertz CT molecular complexity index is 431. The van der Waals surface area contributed by atoms with Crippen LogP contribution in [-0.4, -0.2) is 29.1 Å². The second-order valence-electron chi connectivity index (χ2n) is 11.1. The van der Waals surface area contributed by atoms with Crippen molar-refractivity contribution < 1.29 is 0 Å². The zero-order valence-corrected chi connectivity index (χ0v) is 23.5. The van der Waals surface area contributed by atoms with Crippen molar-refractivity contribution in [2.75, 3.05) is 13.1 Å². The summed E-state index contributed by atoms with van der Waals surface area (Å²) in [6, 6.07) is 0. The van der Waals surface area contributed by atoms with Crippen molar-refractivity contribution in [2.24, 2.45) is 5.92 Å². The number of nitrogens with zero attached hydrogens (tertiary/aromatic N) is 2. The van der Waals surface area contributed by atoms with E-state index in [9.17, 15) is 0 Å². The molecule has 0 radical (unpaired) electrons. The Hall–Kier alpha value is -0.660. The van der Waals surface area contributed by atoms with Crippen molar-refractivity contribution in [3.05, 3.63) is 12.4 Å². The molecule has 0 aromatic heterocycles. The molecule has 0 N–H and O–H groups in total. The molecule has 1 rings (SSSR count). The van der Waals surface area contributed by atoms with Gasteiger partial charge in [-0.05, 0) is 18.8 Å². The molecule has 1 aliphatic rings. The Labute approximate surface area is 210 Å². The number of hydrogen-bond acceptors (Lipinski definition) is 2. The lowest BCUT2D eigenvalue weighted by Crippen LogP contribution is -2.43. The van der Waals surface area contributed by atoms with E-state index in [-0.39, 0.29) is 0 Å². The third-order valence-electron chi connectivity index (χ3n) is 7.52. The summed E-state index contributed by atoms with van der Waals surface area (Å²) in [6.45, 7) is 11.9. The fourth-order valence-electron chi connectivity index (χ4n) is 5.46. The van der Waals surface area contributed by atoms with Gasteiger partial charge in [0, 0.05) is 25.5 Å². The van der Waals surface area contributed by atoms with Crippen LogP contribution in [0, 0.1) is 5.92 Å². The highest BCUT2D eigenvalue weighted by atomic mass is 15.4. The van der Waals surface area contributed by atoms with Crippen molar-refractivity contribution >= 4 is 0 Å². The molecule has 1 atom stereocenters. The highest BCUT2D eigenvalue weighted by molar-refractivity contribution is 4.98. The van der Waals surface area contributed by atoms with Crippen molar-refractivity contribution in [2.45, 2.75) is 169 Å². The first kappa shape index (κ1) is 30.4. The van der Waals surface area contributed by atoms with Gasteiger partial charge in [0.25, 0.3) is 0 Å². The molecular weight excluding hydrogens is 400 g/mol. The molecule has 1 unspecified atom stereocenters. The number of hydrogen-bond donors (Lipinski definition) is 0. The minimum absolute atomic E-state index is 0.590. The van der Waals surface area contributed by atoms with Crippen LogP contribution in [0.5, 0.6) is 0 Å². The van der Waals surface area contributed by atoms with Gasteiger partial charge in [0.2, 0.25) is 0 Å². The molecule has 33 heavy (non-hydrogen) atoms. The molecule has 1 heterocycles. The van der Waals surface area contributed by atoms with E-state index in [0.717, 1.165) is 0 Å². The van der Waals surface area contributed by atoms with Gasteiger partial charge in [0.15, 0.2) is 0 Å². The summed E-state index contributed by atoms with van der Waals surface area (Å²) in [5, 5.41) is 0. The summed E-state index contributed by atoms with van der Waals surface area (Å²) in [5.74, 6) is 0.691. The predicted molar refractivity (Wildman–Crippen MR) is 149 cm³/mol. The van der Waals surface area contributed by atoms with Crippen LogP contribution in [0.2, 0.25) is 0 Å². The molecule has 0 aliphatic carbocycles. The average Bonchev–Trinajstić information content (AvgIpc) is 3.21. The molecule has 0 saturated carbocycles. The van der Waals surface area contributed by atoms with E-state index in [0.29, 0.717) is 12.1 Å². The highest BCUT2D eigenvalue weighted by Crippen LogP contribution is 2.24. The van der Waals surface area contributed by atoms with E-state index < -0.39 is 0 Å². The SMILES string of the molecule is CCCCCCCCCCCCCN1C=CN(CCCCCCCCCCCC)C1C(C)C. The van der Waals surface area contributed by atoms with Crippen LogP contribution >= 0.6 is 0 Å². The van der Waals surface area contributed by atoms with Crippen LogP contribution in [0.1, 0.15) is 163 Å². The maximum atomic E-state index is 2.63. The molecule has 0 saturated heterocycles. The van der Waals surface area contributed by atoms with Crippen LogP contribution in [0.15, 0.2) is 12.4 Å². The molecule has 0 spiro atoms. The van der Waals surface area contributed by atoms with Gasteiger partial charge in [-0.1, -0.05) is 150 Å². The quantitative estimate of drug-likeness (QED) is 0.132. The first-order valence-corrected chi connectivity index (χ1v) is 15.4. The first-order chi connectivity index (χ1) is 16.2. The molecule has 1 aliphatic heterocycles. The van der Waals surface area contributed by atoms with Gasteiger partial charge in [-0.3, -0.25) is 0 Å². The van der Waals surface area contributed by atoms with Crippen LogP contribution in [0.3, 0.4) is 0 Å². The second kappa shape index (κ2) is 21.8. The Kier molecular flexibility index (Phi) is 20.1. The van der Waals surface area contributed by atoms with E-state index in [1.807, 2.05) is 0 Å². The van der Waals surface area contributed by atoms with Gasteiger partial charge in [0.05, 0.1) is 0 Å². The lowest BCUT2D eigenvalue weighted by molar-refractivity contribution is 0.104. The predicted octanol–water partition coefficient (Wildman–Crippen LogP) is 10.3. The van der Waals surface area contributed by atoms with Crippen molar-refractivity contribution in [3.63, 3.8) is 0 Å². The molecule has 2 nitrogen and oxygen atoms in total. The van der Waals surface area contributed by atoms with Crippen molar-refractivity contribution in [1.82, 2.24) is 9.80 Å². The average molecular weight is 463 g/mol. The lowest BCUT2D eigenvalue weighted by atomic mass is 10.1. The molecule has 0 aromatic rings. The van der Waals surface area contributed by atoms with Gasteiger partial charge in [-0.25, -0.2) is 0 Å². The normalized spacial score (nSPS) is 16.0. The standard InChI is InChI=1S/C31H62N2/c1-5-7-9-11-13-15-17-19-21-23-25-27-33-29-28-32(31(33)30(3)4)26-24-22-20-18-16-14-12-10-8-6-2/h28-31H,5-27H2,1-4H3. The van der Waals surface area contributed by atoms with Crippen LogP contribution in [-0.2, 0) is 0 Å². The van der Waals surface area contributed by atoms with Crippen LogP contribution < -0.4 is 0 Å². The molecule has 196 valence electrons. The molecular formula is C31H62N2. The molecule has 0 bridgehead atoms. The Morgan fingerprint density at radius 1 is 0.455 bits per heavy atom. The minimum atomic E-state index is 0.590. The van der Waals surface area contributed by atoms with Gasteiger partial charge in [-0.2, -0.15) is 0 Å². The van der Waals surface area contributed by atoms with Gasteiger partial charge in [-0.15, -0.1) is 0 Å². The summed E-state index contributed by atoms with van der Waals surface area (Å²) >= 11 is 0. The zero-order chi connectivity index (χ0) is 24.0. The Morgan fingerprint density at radius 3 is 1.00 bits per heavy atom. The number of rotatable bonds is 24. The number of unbranched alkanes of at least 4 members (excludes halogenated alkanes) is 19. The largest absolute Gasteiger partial charge is 0.356 e. The monoisotopic (exact) mass is 462 g/mol. The molecule has 0 aromatic carbocycles. The molecule has 0 amide bonds. The van der Waals surface area contributed by atoms with Gasteiger partial charge in [0.1, 0.15) is 6.17 Å². The highest BCUT2D eigenvalue weighted by Gasteiger charge is 2.28. The minimum Gasteiger partial charge on any atom is -0.356 e. The summed E-state index contributed by atoms with van der Waals surface area (Å²) in [5.41, 5.74) is 0. The third kappa shape index (κ3) is 15.8. The first-order valence-electron chi connectivity index (χ1n) is 15.4. The van der Waals surface area contributed by atoms with E-state index in [4.69, 9.17) is 0 Å². The fraction of sp³-hybridized carbons (Fsp3) is 0.935. The van der Waals surface area contributed by atoms with E-state index in [1.165, 1.54) is 148 Å². The molecule has 2 heteroatoms. The summed E-state index contributed by atoms with van der Waals surface area (Å²) in [4.78, 5) is 5.27. The third-order valence-corrected chi connectivity index (χ3v) is 7.52. The van der Waals surface area contributed by atoms with Crippen LogP contribution in [0.25, 0.3) is 0 Å². The lowest BCUT2D eigenvalue weighted by Gasteiger charge is -2.36. The van der Waals surface area contributed by atoms with Gasteiger partial charge >= 0.3 is 0 Å². The topological polar surface area (TPSA) is 6.48 Å². The van der Waals surface area contributed by atoms with E-state index >= 15 is 0 Å². The summed E-state index contributed by atoms with van der Waals surface area (Å²) in [7, 11) is 0. The molecule has 0 fully saturated rings. The Balaban J connectivity index is 2.04. The van der Waals surface area contributed by atoms with E-state index in [1.54, 1.807) is 0 Å². The summed E-state index contributed by atoms with van der Waals surface area (Å²) in [6.07, 6.45) is 35.3. The van der Waals surface area contributed by atoms with Crippen LogP contribution in [0.4, 0.5) is 0 Å². The fourth-order valence-corrected chi connectivity index (χ4v) is 5.46. The van der Waals surface area contributed by atoms with Crippen molar-refractivity contribution in [1.29, 1.82) is 0 Å². The Morgan fingerprint density at radius 2 is 0.727 bits per heavy atom. The zero-order valence-electron chi connectivity index (χ0n) is 23.5. The summed E-state index contributed by atoms with van der Waals surface area (Å²) < 4.78 is 0.